The minimum atomic E-state index is -2.39. The second kappa shape index (κ2) is 10.7. The second-order valence-corrected chi connectivity index (χ2v) is 9.56. The van der Waals surface area contributed by atoms with Crippen molar-refractivity contribution in [2.75, 3.05) is 7.11 Å². The minimum absolute atomic E-state index is 0.0146. The van der Waals surface area contributed by atoms with Gasteiger partial charge in [-0.05, 0) is 37.3 Å². The molecule has 0 radical (unpaired) electrons. The van der Waals surface area contributed by atoms with Crippen molar-refractivity contribution in [2.24, 2.45) is 0 Å². The predicted molar refractivity (Wildman–Crippen MR) is 126 cm³/mol. The number of thioether (sulfide) groups is 1. The molecule has 190 valence electrons. The molecule has 6 atom stereocenters. The Hall–Kier alpha value is -2.82. The average Bonchev–Trinajstić information content (AvgIpc) is 3.32. The fourth-order valence-corrected chi connectivity index (χ4v) is 5.12. The van der Waals surface area contributed by atoms with E-state index in [1.54, 1.807) is 6.07 Å². The van der Waals surface area contributed by atoms with Gasteiger partial charge in [0.15, 0.2) is 23.5 Å². The van der Waals surface area contributed by atoms with Gasteiger partial charge in [-0.25, -0.2) is 17.9 Å². The first-order valence-electron chi connectivity index (χ1n) is 10.6. The fourth-order valence-electron chi connectivity index (χ4n) is 3.80. The lowest BCUT2D eigenvalue weighted by Crippen LogP contribution is -2.47. The molecule has 1 aliphatic heterocycles. The first-order valence-corrected chi connectivity index (χ1v) is 11.9. The molecule has 2 aromatic rings. The molecule has 0 saturated carbocycles. The van der Waals surface area contributed by atoms with Crippen LogP contribution in [-0.4, -0.2) is 68.4 Å². The summed E-state index contributed by atoms with van der Waals surface area (Å²) in [7, 11) is 1.34. The van der Waals surface area contributed by atoms with Gasteiger partial charge >= 0.3 is 0 Å². The maximum atomic E-state index is 13.9. The quantitative estimate of drug-likeness (QED) is 0.555. The van der Waals surface area contributed by atoms with Crippen molar-refractivity contribution in [3.63, 3.8) is 0 Å². The summed E-state index contributed by atoms with van der Waals surface area (Å²) in [5.74, 6) is -1.63. The highest BCUT2D eigenvalue weighted by atomic mass is 35.5. The number of aromatic nitrogens is 3. The number of methoxy groups -OCH3 is 1. The maximum absolute atomic E-state index is 13.9. The van der Waals surface area contributed by atoms with E-state index in [0.717, 1.165) is 28.6 Å². The molecular formula is C23H20ClF3N4O4S. The van der Waals surface area contributed by atoms with Gasteiger partial charge in [0, 0.05) is 22.6 Å². The van der Waals surface area contributed by atoms with Crippen LogP contribution in [0.1, 0.15) is 18.2 Å². The van der Waals surface area contributed by atoms with E-state index in [0.29, 0.717) is 9.92 Å². The topological polar surface area (TPSA) is 113 Å². The Morgan fingerprint density at radius 2 is 2.11 bits per heavy atom. The van der Waals surface area contributed by atoms with Crippen LogP contribution in [0.4, 0.5) is 13.2 Å². The smallest absolute Gasteiger partial charge is 0.186 e. The number of alkyl halides is 2. The number of rotatable bonds is 6. The molecule has 0 amide bonds. The fraction of sp³-hybridized carbons (Fsp3) is 0.348. The maximum Gasteiger partial charge on any atom is 0.186 e. The van der Waals surface area contributed by atoms with Crippen LogP contribution in [0, 0.1) is 11.3 Å². The zero-order valence-corrected chi connectivity index (χ0v) is 20.4. The van der Waals surface area contributed by atoms with Crippen LogP contribution in [-0.2, 0) is 9.47 Å². The Labute approximate surface area is 213 Å². The number of halogens is 4. The number of hydrogen-bond donors (Lipinski definition) is 2. The number of nitrogens with zero attached hydrogens (tertiary/aromatic N) is 4. The molecule has 0 saturated heterocycles. The number of allylic oxidation sites excluding steroid dienone is 4. The van der Waals surface area contributed by atoms with Crippen LogP contribution in [0.3, 0.4) is 0 Å². The molecule has 2 heterocycles. The molecule has 4 unspecified atom stereocenters. The Morgan fingerprint density at radius 1 is 1.36 bits per heavy atom. The Kier molecular flexibility index (Phi) is 7.77. The van der Waals surface area contributed by atoms with Crippen LogP contribution in [0.2, 0.25) is 5.02 Å². The van der Waals surface area contributed by atoms with E-state index < -0.39 is 41.9 Å². The molecule has 0 bridgehead atoms. The number of hydrogen-bond acceptors (Lipinski definition) is 8. The largest absolute Gasteiger partial charge is 0.507 e. The van der Waals surface area contributed by atoms with Crippen molar-refractivity contribution >= 4 is 34.6 Å². The Balaban J connectivity index is 1.76. The molecule has 36 heavy (non-hydrogen) atoms. The van der Waals surface area contributed by atoms with Gasteiger partial charge in [0.05, 0.1) is 17.9 Å². The molecule has 1 aromatic carbocycles. The molecular weight excluding hydrogens is 521 g/mol. The molecule has 2 N–H and O–H groups in total. The van der Waals surface area contributed by atoms with Crippen molar-refractivity contribution in [1.82, 2.24) is 15.0 Å². The zero-order chi connectivity index (χ0) is 26.1. The predicted octanol–water partition coefficient (Wildman–Crippen LogP) is 4.37. The molecule has 1 aliphatic carbocycles. The number of aliphatic hydroxyl groups excluding tert-OH is 2. The van der Waals surface area contributed by atoms with Crippen LogP contribution >= 0.6 is 23.4 Å². The lowest BCUT2D eigenvalue weighted by atomic mass is 10.0. The van der Waals surface area contributed by atoms with Gasteiger partial charge in [0.25, 0.3) is 0 Å². The van der Waals surface area contributed by atoms with Crippen molar-refractivity contribution in [2.45, 2.75) is 47.9 Å². The van der Waals surface area contributed by atoms with E-state index in [-0.39, 0.29) is 28.3 Å². The van der Waals surface area contributed by atoms with E-state index in [2.05, 4.69) is 10.3 Å². The van der Waals surface area contributed by atoms with Gasteiger partial charge in [-0.1, -0.05) is 28.6 Å². The van der Waals surface area contributed by atoms with Crippen LogP contribution in [0.15, 0.2) is 53.0 Å². The lowest BCUT2D eigenvalue weighted by Gasteiger charge is -2.37. The third-order valence-electron chi connectivity index (χ3n) is 5.57. The Bertz CT molecular complexity index is 1290. The number of ether oxygens (including phenoxy) is 2. The first kappa shape index (κ1) is 26.2. The SMILES string of the molecule is CO[C@@H]1C(n2cc(C3=CC(F)C(F)C(F)=C3)nn2)=C(O)[C@@H](Sc2cc(Cl)ccc2C#N)OC1C(C)O. The van der Waals surface area contributed by atoms with Crippen molar-refractivity contribution in [3.8, 4) is 6.07 Å². The summed E-state index contributed by atoms with van der Waals surface area (Å²) >= 11 is 7.05. The third kappa shape index (κ3) is 5.02. The van der Waals surface area contributed by atoms with E-state index in [1.165, 1.54) is 32.4 Å². The highest BCUT2D eigenvalue weighted by Gasteiger charge is 2.43. The summed E-state index contributed by atoms with van der Waals surface area (Å²) in [6, 6.07) is 6.65. The Morgan fingerprint density at radius 3 is 2.75 bits per heavy atom. The number of nitriles is 1. The molecule has 8 nitrogen and oxygen atoms in total. The molecule has 0 fully saturated rings. The van der Waals surface area contributed by atoms with E-state index in [1.807, 2.05) is 6.07 Å². The zero-order valence-electron chi connectivity index (χ0n) is 18.8. The van der Waals surface area contributed by atoms with Crippen molar-refractivity contribution in [1.29, 1.82) is 5.26 Å². The first-order chi connectivity index (χ1) is 17.1. The summed E-state index contributed by atoms with van der Waals surface area (Å²) in [5, 5.41) is 39.2. The van der Waals surface area contributed by atoms with Gasteiger partial charge in [-0.3, -0.25) is 0 Å². The third-order valence-corrected chi connectivity index (χ3v) is 6.95. The van der Waals surface area contributed by atoms with Crippen LogP contribution in [0.5, 0.6) is 0 Å². The minimum Gasteiger partial charge on any atom is -0.507 e. The average molecular weight is 541 g/mol. The second-order valence-electron chi connectivity index (χ2n) is 8.02. The van der Waals surface area contributed by atoms with Gasteiger partial charge < -0.3 is 19.7 Å². The molecule has 13 heteroatoms. The van der Waals surface area contributed by atoms with Gasteiger partial charge in [-0.2, -0.15) is 5.26 Å². The summed E-state index contributed by atoms with van der Waals surface area (Å²) in [6.45, 7) is 1.47. The number of benzene rings is 1. The molecule has 1 aromatic heterocycles. The van der Waals surface area contributed by atoms with Crippen LogP contribution in [0.25, 0.3) is 11.3 Å². The normalized spacial score (nSPS) is 27.3. The standard InChI is InChI=1S/C23H20ClF3N4O4S/c1-10(32)21-22(34-2)19(20(33)23(35-21)36-17-7-13(24)4-3-11(17)8-28)31-9-16(29-30-31)12-5-14(25)18(27)15(26)6-12/h3-7,9-10,14,18,21-23,32-33H,1-2H3/t10?,14?,18?,21?,22-,23-/m1/s1. The lowest BCUT2D eigenvalue weighted by molar-refractivity contribution is -0.107. The highest BCUT2D eigenvalue weighted by Crippen LogP contribution is 2.40. The van der Waals surface area contributed by atoms with Gasteiger partial charge in [0.1, 0.15) is 35.5 Å². The van der Waals surface area contributed by atoms with E-state index >= 15 is 0 Å². The highest BCUT2D eigenvalue weighted by molar-refractivity contribution is 8.00. The van der Waals surface area contributed by atoms with Crippen LogP contribution < -0.4 is 0 Å². The van der Waals surface area contributed by atoms with Gasteiger partial charge in [0.2, 0.25) is 0 Å². The molecule has 2 aliphatic rings. The molecule has 0 spiro atoms. The van der Waals surface area contributed by atoms with E-state index in [9.17, 15) is 28.6 Å². The summed E-state index contributed by atoms with van der Waals surface area (Å²) < 4.78 is 53.7. The molecule has 4 rings (SSSR count). The number of aliphatic hydroxyl groups is 2. The van der Waals surface area contributed by atoms with Crippen molar-refractivity contribution in [3.05, 3.63) is 64.4 Å². The monoisotopic (exact) mass is 540 g/mol. The van der Waals surface area contributed by atoms with Gasteiger partial charge in [-0.15, -0.1) is 5.10 Å². The summed E-state index contributed by atoms with van der Waals surface area (Å²) in [6.07, 6.45) is -4.67. The summed E-state index contributed by atoms with van der Waals surface area (Å²) in [4.78, 5) is 0.420. The van der Waals surface area contributed by atoms with Crippen molar-refractivity contribution < 1.29 is 32.9 Å². The van der Waals surface area contributed by atoms with E-state index in [4.69, 9.17) is 21.1 Å². The summed E-state index contributed by atoms with van der Waals surface area (Å²) in [5.41, 5.74) is -0.791.